The molecule has 1 aromatic heterocycles. The maximum Gasteiger partial charge on any atom is 0.339 e. The Bertz CT molecular complexity index is 779. The first-order chi connectivity index (χ1) is 17.5. The lowest BCUT2D eigenvalue weighted by molar-refractivity contribution is -0.164. The molecule has 2 aliphatic heterocycles. The molecule has 0 N–H and O–H groups in total. The molecule has 9 heteroatoms. The van der Waals surface area contributed by atoms with Crippen molar-refractivity contribution in [1.82, 2.24) is 19.7 Å². The molecule has 36 heavy (non-hydrogen) atoms. The molecule has 206 valence electrons. The number of rotatable bonds is 17. The minimum Gasteiger partial charge on any atom is -0.622 e. The van der Waals surface area contributed by atoms with E-state index < -0.39 is 22.9 Å². The second-order valence-electron chi connectivity index (χ2n) is 10.7. The van der Waals surface area contributed by atoms with Gasteiger partial charge in [0.25, 0.3) is 6.23 Å². The molecule has 0 aromatic carbocycles. The molecule has 3 heterocycles. The summed E-state index contributed by atoms with van der Waals surface area (Å²) in [6.07, 6.45) is 14.0. The fourth-order valence-corrected chi connectivity index (χ4v) is 6.13. The van der Waals surface area contributed by atoms with Crippen molar-refractivity contribution in [3.63, 3.8) is 0 Å². The molecule has 8 nitrogen and oxygen atoms in total. The van der Waals surface area contributed by atoms with Crippen LogP contribution in [0.4, 0.5) is 5.13 Å². The van der Waals surface area contributed by atoms with Crippen molar-refractivity contribution in [1.29, 1.82) is 0 Å². The van der Waals surface area contributed by atoms with Crippen molar-refractivity contribution >= 4 is 22.4 Å². The minimum atomic E-state index is -0.827. The van der Waals surface area contributed by atoms with E-state index in [-0.39, 0.29) is 6.67 Å². The van der Waals surface area contributed by atoms with Gasteiger partial charge in [-0.05, 0) is 42.9 Å². The van der Waals surface area contributed by atoms with Crippen molar-refractivity contribution in [2.45, 2.75) is 123 Å². The largest absolute Gasteiger partial charge is 0.622 e. The lowest BCUT2D eigenvalue weighted by Crippen LogP contribution is -2.51. The topological polar surface area (TPSA) is 87.6 Å². The van der Waals surface area contributed by atoms with E-state index in [0.29, 0.717) is 30.6 Å². The Morgan fingerprint density at radius 3 is 2.53 bits per heavy atom. The minimum absolute atomic E-state index is 0.248. The van der Waals surface area contributed by atoms with Gasteiger partial charge in [-0.2, -0.15) is 0 Å². The number of carbonyl (C=O) groups is 1. The van der Waals surface area contributed by atoms with Gasteiger partial charge >= 0.3 is 11.1 Å². The van der Waals surface area contributed by atoms with Crippen molar-refractivity contribution in [2.75, 3.05) is 26.4 Å². The maximum absolute atomic E-state index is 14.2. The molecule has 0 aliphatic carbocycles. The van der Waals surface area contributed by atoms with Crippen LogP contribution in [0, 0.1) is 11.1 Å². The number of hydroxylamine groups is 2. The van der Waals surface area contributed by atoms with Crippen molar-refractivity contribution in [3.8, 4) is 0 Å². The third-order valence-corrected chi connectivity index (χ3v) is 8.55. The number of ether oxygens (including phenoxy) is 2. The summed E-state index contributed by atoms with van der Waals surface area (Å²) in [7, 11) is 0. The summed E-state index contributed by atoms with van der Waals surface area (Å²) in [5.41, 5.74) is 0. The number of aromatic nitrogens is 2. The number of unbranched alkanes of at least 4 members (excludes halogenated alkanes) is 8. The highest BCUT2D eigenvalue weighted by atomic mass is 32.1. The van der Waals surface area contributed by atoms with E-state index in [2.05, 4.69) is 35.9 Å². The smallest absolute Gasteiger partial charge is 0.339 e. The number of quaternary nitrogens is 1. The van der Waals surface area contributed by atoms with Crippen LogP contribution in [0.2, 0.25) is 0 Å². The summed E-state index contributed by atoms with van der Waals surface area (Å²) in [5, 5.41) is 24.1. The summed E-state index contributed by atoms with van der Waals surface area (Å²) in [6, 6.07) is 0. The van der Waals surface area contributed by atoms with Crippen LogP contribution < -0.4 is 4.65 Å². The molecule has 2 fully saturated rings. The van der Waals surface area contributed by atoms with E-state index in [9.17, 15) is 10.0 Å². The average Bonchev–Trinajstić information content (AvgIpc) is 3.60. The zero-order valence-corrected chi connectivity index (χ0v) is 23.6. The lowest BCUT2D eigenvalue weighted by atomic mass is 9.98. The van der Waals surface area contributed by atoms with Gasteiger partial charge in [0.05, 0.1) is 13.2 Å². The van der Waals surface area contributed by atoms with E-state index in [1.165, 1.54) is 49.9 Å². The molecule has 4 atom stereocenters. The van der Waals surface area contributed by atoms with Crippen LogP contribution in [0.5, 0.6) is 0 Å². The van der Waals surface area contributed by atoms with Crippen LogP contribution in [0.1, 0.15) is 109 Å². The van der Waals surface area contributed by atoms with E-state index in [1.54, 1.807) is 0 Å². The number of carbonyl (C=O) groups excluding carboxylic acids is 1. The van der Waals surface area contributed by atoms with E-state index in [1.807, 2.05) is 0 Å². The van der Waals surface area contributed by atoms with Crippen LogP contribution in [0.3, 0.4) is 0 Å². The second kappa shape index (κ2) is 15.3. The Labute approximate surface area is 221 Å². The quantitative estimate of drug-likeness (QED) is 0.104. The third kappa shape index (κ3) is 8.45. The molecule has 0 spiro atoms. The molecule has 2 saturated heterocycles. The lowest BCUT2D eigenvalue weighted by Gasteiger charge is -2.38. The molecule has 0 bridgehead atoms. The Hall–Kier alpha value is -1.13. The molecule has 2 aliphatic rings. The summed E-state index contributed by atoms with van der Waals surface area (Å²) in [5.74, 6) is 0.00701. The summed E-state index contributed by atoms with van der Waals surface area (Å²) < 4.78 is 11.0. The van der Waals surface area contributed by atoms with Gasteiger partial charge in [0.15, 0.2) is 6.10 Å². The van der Waals surface area contributed by atoms with Gasteiger partial charge in [0.2, 0.25) is 0 Å². The van der Waals surface area contributed by atoms with Crippen LogP contribution >= 0.6 is 11.3 Å². The average molecular weight is 525 g/mol. The number of hydrogen-bond acceptors (Lipinski definition) is 8. The molecule has 1 aromatic rings. The van der Waals surface area contributed by atoms with Crippen LogP contribution in [0.15, 0.2) is 0 Å². The van der Waals surface area contributed by atoms with E-state index >= 15 is 0 Å². The zero-order valence-electron chi connectivity index (χ0n) is 22.8. The van der Waals surface area contributed by atoms with E-state index in [4.69, 9.17) is 9.47 Å². The molecular weight excluding hydrogens is 476 g/mol. The van der Waals surface area contributed by atoms with Crippen LogP contribution in [-0.2, 0) is 20.7 Å². The van der Waals surface area contributed by atoms with Crippen LogP contribution in [-0.4, -0.2) is 59.8 Å². The van der Waals surface area contributed by atoms with Crippen LogP contribution in [0.25, 0.3) is 0 Å². The Morgan fingerprint density at radius 1 is 1.06 bits per heavy atom. The number of esters is 1. The van der Waals surface area contributed by atoms with Gasteiger partial charge in [-0.25, -0.2) is 9.69 Å². The fraction of sp³-hybridized carbons (Fsp3) is 0.889. The molecule has 4 unspecified atom stereocenters. The fourth-order valence-electron chi connectivity index (χ4n) is 5.18. The number of aryl methyl sites for hydroxylation is 1. The van der Waals surface area contributed by atoms with Crippen molar-refractivity contribution < 1.29 is 14.3 Å². The SMILES string of the molecule is CCCCCCc1nnc([N+]2([O-])CN(CCCCC)CC2OC(=O)C2CC(CCCCCC)CO2)s1. The van der Waals surface area contributed by atoms with E-state index in [0.717, 1.165) is 56.5 Å². The highest BCUT2D eigenvalue weighted by Gasteiger charge is 2.47. The highest BCUT2D eigenvalue weighted by Crippen LogP contribution is 2.36. The Kier molecular flexibility index (Phi) is 12.5. The van der Waals surface area contributed by atoms with Gasteiger partial charge in [0.1, 0.15) is 11.7 Å². The maximum atomic E-state index is 14.2. The second-order valence-corrected chi connectivity index (χ2v) is 11.7. The zero-order chi connectivity index (χ0) is 25.8. The molecule has 0 saturated carbocycles. The predicted molar refractivity (Wildman–Crippen MR) is 145 cm³/mol. The predicted octanol–water partition coefficient (Wildman–Crippen LogP) is 6.17. The molecular formula is C27H48N4O4S. The van der Waals surface area contributed by atoms with Gasteiger partial charge < -0.3 is 14.7 Å². The van der Waals surface area contributed by atoms with Gasteiger partial charge in [-0.15, -0.1) is 5.10 Å². The molecule has 3 rings (SSSR count). The first-order valence-corrected chi connectivity index (χ1v) is 15.3. The standard InChI is InChI=1S/C27H48N4O4S/c1-4-7-10-12-15-22-18-23(34-20-22)26(32)35-25-19-30(17-14-9-6-3)21-31(25,33)27-29-28-24(36-27)16-13-11-8-5-2/h22-23,25H,4-21H2,1-3H3. The highest BCUT2D eigenvalue weighted by molar-refractivity contribution is 7.15. The summed E-state index contributed by atoms with van der Waals surface area (Å²) in [4.78, 5) is 15.2. The number of hydrogen-bond donors (Lipinski definition) is 0. The third-order valence-electron chi connectivity index (χ3n) is 7.45. The monoisotopic (exact) mass is 524 g/mol. The Morgan fingerprint density at radius 2 is 1.78 bits per heavy atom. The molecule has 0 radical (unpaired) electrons. The van der Waals surface area contributed by atoms with Crippen molar-refractivity contribution in [3.05, 3.63) is 10.2 Å². The first kappa shape index (κ1) is 29.4. The number of nitrogens with zero attached hydrogens (tertiary/aromatic N) is 4. The van der Waals surface area contributed by atoms with Gasteiger partial charge in [-0.1, -0.05) is 83.7 Å². The Balaban J connectivity index is 1.61. The first-order valence-electron chi connectivity index (χ1n) is 14.5. The summed E-state index contributed by atoms with van der Waals surface area (Å²) >= 11 is 1.38. The summed E-state index contributed by atoms with van der Waals surface area (Å²) in [6.45, 7) is 8.68. The normalized spacial score (nSPS) is 26.6. The molecule has 0 amide bonds. The van der Waals surface area contributed by atoms with Gasteiger partial charge in [-0.3, -0.25) is 4.65 Å². The van der Waals surface area contributed by atoms with Gasteiger partial charge in [0, 0.05) is 13.0 Å². The van der Waals surface area contributed by atoms with Crippen molar-refractivity contribution in [2.24, 2.45) is 5.92 Å².